The molecular formula is C21H14Br3N3O3. The number of nitrogens with zero attached hydrogens (tertiary/aromatic N) is 1. The molecule has 0 atom stereocenters. The molecule has 0 aliphatic carbocycles. The first-order valence-electron chi connectivity index (χ1n) is 8.49. The number of rotatable bonds is 5. The van der Waals surface area contributed by atoms with Crippen LogP contribution in [0.2, 0.25) is 0 Å². The standard InChI is InChI=1S/C21H14Br3N3O3/c22-14-3-1-2-13(8-14)21(29)30-16-6-4-12(5-7-16)11-26-27-20(28)17-9-15(23)10-18(24)19(17)25/h1-11H,25H2,(H,27,28)/b26-11-. The lowest BCUT2D eigenvalue weighted by Gasteiger charge is -2.07. The van der Waals surface area contributed by atoms with Crippen molar-refractivity contribution in [2.24, 2.45) is 5.10 Å². The van der Waals surface area contributed by atoms with Gasteiger partial charge in [-0.05, 0) is 76.1 Å². The Balaban J connectivity index is 1.61. The second-order valence-electron chi connectivity index (χ2n) is 6.02. The number of carbonyl (C=O) groups is 2. The van der Waals surface area contributed by atoms with Crippen LogP contribution in [0.1, 0.15) is 26.3 Å². The number of nitrogen functional groups attached to an aromatic ring is 1. The Morgan fingerprint density at radius 3 is 2.40 bits per heavy atom. The molecule has 3 rings (SSSR count). The molecule has 0 aliphatic heterocycles. The van der Waals surface area contributed by atoms with Gasteiger partial charge in [0.15, 0.2) is 0 Å². The van der Waals surface area contributed by atoms with E-state index in [4.69, 9.17) is 10.5 Å². The number of carbonyl (C=O) groups excluding carboxylic acids is 2. The SMILES string of the molecule is Nc1c(Br)cc(Br)cc1C(=O)N/N=C\c1ccc(OC(=O)c2cccc(Br)c2)cc1. The van der Waals surface area contributed by atoms with Crippen LogP contribution in [0, 0.1) is 0 Å². The predicted octanol–water partition coefficient (Wildman–Crippen LogP) is 5.54. The molecule has 3 aromatic carbocycles. The molecule has 0 spiro atoms. The highest BCUT2D eigenvalue weighted by Gasteiger charge is 2.13. The molecule has 0 heterocycles. The number of hydrogen-bond acceptors (Lipinski definition) is 5. The van der Waals surface area contributed by atoms with Gasteiger partial charge in [0.05, 0.1) is 23.0 Å². The molecule has 0 radical (unpaired) electrons. The van der Waals surface area contributed by atoms with Crippen LogP contribution in [0.25, 0.3) is 0 Å². The molecule has 0 unspecified atom stereocenters. The number of anilines is 1. The fourth-order valence-corrected chi connectivity index (χ4v) is 4.03. The molecule has 9 heteroatoms. The van der Waals surface area contributed by atoms with Crippen molar-refractivity contribution in [3.8, 4) is 5.75 Å². The van der Waals surface area contributed by atoms with E-state index in [9.17, 15) is 9.59 Å². The molecular weight excluding hydrogens is 582 g/mol. The summed E-state index contributed by atoms with van der Waals surface area (Å²) in [5.74, 6) is -0.499. The van der Waals surface area contributed by atoms with Gasteiger partial charge >= 0.3 is 5.97 Å². The predicted molar refractivity (Wildman–Crippen MR) is 127 cm³/mol. The number of hydrogen-bond donors (Lipinski definition) is 2. The Labute approximate surface area is 197 Å². The van der Waals surface area contributed by atoms with Crippen molar-refractivity contribution < 1.29 is 14.3 Å². The van der Waals surface area contributed by atoms with E-state index >= 15 is 0 Å². The quantitative estimate of drug-likeness (QED) is 0.133. The second-order valence-corrected chi connectivity index (χ2v) is 8.70. The summed E-state index contributed by atoms with van der Waals surface area (Å²) in [5.41, 5.74) is 10.1. The largest absolute Gasteiger partial charge is 0.423 e. The van der Waals surface area contributed by atoms with E-state index in [1.807, 2.05) is 6.07 Å². The summed E-state index contributed by atoms with van der Waals surface area (Å²) in [6.07, 6.45) is 1.47. The van der Waals surface area contributed by atoms with Crippen LogP contribution in [0.5, 0.6) is 5.75 Å². The average Bonchev–Trinajstić information content (AvgIpc) is 2.71. The van der Waals surface area contributed by atoms with Crippen molar-refractivity contribution in [1.29, 1.82) is 0 Å². The molecule has 0 aliphatic rings. The maximum absolute atomic E-state index is 12.3. The molecule has 0 bridgehead atoms. The van der Waals surface area contributed by atoms with E-state index in [1.54, 1.807) is 54.6 Å². The third-order valence-corrected chi connectivity index (χ3v) is 5.48. The molecule has 3 N–H and O–H groups in total. The van der Waals surface area contributed by atoms with Crippen LogP contribution < -0.4 is 15.9 Å². The number of hydrazone groups is 1. The molecule has 0 saturated heterocycles. The Hall–Kier alpha value is -2.49. The zero-order valence-electron chi connectivity index (χ0n) is 15.2. The summed E-state index contributed by atoms with van der Waals surface area (Å²) in [5, 5.41) is 3.94. The van der Waals surface area contributed by atoms with Crippen LogP contribution in [0.3, 0.4) is 0 Å². The van der Waals surface area contributed by atoms with Crippen molar-refractivity contribution in [2.75, 3.05) is 5.73 Å². The lowest BCUT2D eigenvalue weighted by atomic mass is 10.2. The first-order chi connectivity index (χ1) is 14.3. The van der Waals surface area contributed by atoms with E-state index in [2.05, 4.69) is 58.3 Å². The highest BCUT2D eigenvalue weighted by Crippen LogP contribution is 2.28. The molecule has 0 fully saturated rings. The third-order valence-electron chi connectivity index (χ3n) is 3.87. The number of ether oxygens (including phenoxy) is 1. The Morgan fingerprint density at radius 1 is 0.967 bits per heavy atom. The van der Waals surface area contributed by atoms with Crippen LogP contribution in [-0.4, -0.2) is 18.1 Å². The smallest absolute Gasteiger partial charge is 0.343 e. The summed E-state index contributed by atoms with van der Waals surface area (Å²) < 4.78 is 7.47. The highest BCUT2D eigenvalue weighted by molar-refractivity contribution is 9.11. The Kier molecular flexibility index (Phi) is 7.41. The lowest BCUT2D eigenvalue weighted by Crippen LogP contribution is -2.19. The van der Waals surface area contributed by atoms with Gasteiger partial charge in [0.1, 0.15) is 5.75 Å². The zero-order chi connectivity index (χ0) is 21.7. The number of nitrogens with two attached hydrogens (primary N) is 1. The molecule has 30 heavy (non-hydrogen) atoms. The number of benzene rings is 3. The second kappa shape index (κ2) is 10.0. The van der Waals surface area contributed by atoms with Crippen molar-refractivity contribution >= 4 is 71.6 Å². The number of amides is 1. The van der Waals surface area contributed by atoms with E-state index < -0.39 is 11.9 Å². The Morgan fingerprint density at radius 2 is 1.70 bits per heavy atom. The maximum Gasteiger partial charge on any atom is 0.343 e. The summed E-state index contributed by atoms with van der Waals surface area (Å²) in [6.45, 7) is 0. The van der Waals surface area contributed by atoms with Gasteiger partial charge in [0.2, 0.25) is 0 Å². The van der Waals surface area contributed by atoms with Crippen molar-refractivity contribution in [3.05, 3.63) is 90.8 Å². The first kappa shape index (κ1) is 22.2. The van der Waals surface area contributed by atoms with Crippen LogP contribution in [0.15, 0.2) is 79.2 Å². The molecule has 0 saturated carbocycles. The van der Waals surface area contributed by atoms with Crippen LogP contribution >= 0.6 is 47.8 Å². The van der Waals surface area contributed by atoms with Crippen LogP contribution in [-0.2, 0) is 0 Å². The fraction of sp³-hybridized carbons (Fsp3) is 0. The minimum absolute atomic E-state index is 0.295. The molecule has 3 aromatic rings. The molecule has 152 valence electrons. The Bertz CT molecular complexity index is 1130. The summed E-state index contributed by atoms with van der Waals surface area (Å²) >= 11 is 9.94. The van der Waals surface area contributed by atoms with Gasteiger partial charge in [-0.25, -0.2) is 10.2 Å². The van der Waals surface area contributed by atoms with Gasteiger partial charge in [-0.3, -0.25) is 4.79 Å². The minimum Gasteiger partial charge on any atom is -0.423 e. The first-order valence-corrected chi connectivity index (χ1v) is 10.9. The van der Waals surface area contributed by atoms with Gasteiger partial charge in [0.25, 0.3) is 5.91 Å². The van der Waals surface area contributed by atoms with Crippen molar-refractivity contribution in [3.63, 3.8) is 0 Å². The normalized spacial score (nSPS) is 10.8. The minimum atomic E-state index is -0.456. The van der Waals surface area contributed by atoms with E-state index in [0.717, 1.165) is 4.47 Å². The third kappa shape index (κ3) is 5.78. The maximum atomic E-state index is 12.3. The molecule has 0 aromatic heterocycles. The van der Waals surface area contributed by atoms with E-state index in [-0.39, 0.29) is 0 Å². The molecule has 6 nitrogen and oxygen atoms in total. The number of nitrogens with one attached hydrogen (secondary N) is 1. The monoisotopic (exact) mass is 593 g/mol. The van der Waals surface area contributed by atoms with Gasteiger partial charge in [-0.15, -0.1) is 0 Å². The number of halogens is 3. The van der Waals surface area contributed by atoms with Crippen molar-refractivity contribution in [2.45, 2.75) is 0 Å². The summed E-state index contributed by atoms with van der Waals surface area (Å²) in [7, 11) is 0. The van der Waals surface area contributed by atoms with Gasteiger partial charge < -0.3 is 10.5 Å². The van der Waals surface area contributed by atoms with Crippen molar-refractivity contribution in [1.82, 2.24) is 5.43 Å². The summed E-state index contributed by atoms with van der Waals surface area (Å²) in [4.78, 5) is 24.5. The number of esters is 1. The summed E-state index contributed by atoms with van der Waals surface area (Å²) in [6, 6.07) is 17.0. The zero-order valence-corrected chi connectivity index (χ0v) is 20.0. The van der Waals surface area contributed by atoms with Gasteiger partial charge in [-0.1, -0.05) is 37.9 Å². The van der Waals surface area contributed by atoms with Gasteiger partial charge in [-0.2, -0.15) is 5.10 Å². The topological polar surface area (TPSA) is 93.8 Å². The van der Waals surface area contributed by atoms with Crippen LogP contribution in [0.4, 0.5) is 5.69 Å². The highest BCUT2D eigenvalue weighted by atomic mass is 79.9. The van der Waals surface area contributed by atoms with E-state index in [0.29, 0.717) is 37.1 Å². The average molecular weight is 596 g/mol. The molecule has 1 amide bonds. The van der Waals surface area contributed by atoms with Gasteiger partial charge in [0, 0.05) is 13.4 Å². The van der Waals surface area contributed by atoms with E-state index in [1.165, 1.54) is 6.21 Å². The fourth-order valence-electron chi connectivity index (χ4n) is 2.40. The lowest BCUT2D eigenvalue weighted by molar-refractivity contribution is 0.0734.